The van der Waals surface area contributed by atoms with Gasteiger partial charge in [0, 0.05) is 16.0 Å². The number of hydrogen-bond acceptors (Lipinski definition) is 3. The van der Waals surface area contributed by atoms with E-state index in [-0.39, 0.29) is 5.97 Å². The number of esters is 1. The monoisotopic (exact) mass is 367 g/mol. The summed E-state index contributed by atoms with van der Waals surface area (Å²) in [7, 11) is 1.36. The van der Waals surface area contributed by atoms with Crippen LogP contribution in [0, 0.1) is 6.92 Å². The SMILES string of the molecule is COC(=O)c1ccc(Cl)cc1NCc1ccc(Br)c(C)c1. The molecule has 110 valence electrons. The molecule has 2 aromatic rings. The van der Waals surface area contributed by atoms with Crippen molar-refractivity contribution in [1.82, 2.24) is 0 Å². The third-order valence-electron chi connectivity index (χ3n) is 3.09. The van der Waals surface area contributed by atoms with E-state index in [2.05, 4.69) is 27.3 Å². The minimum absolute atomic E-state index is 0.388. The van der Waals surface area contributed by atoms with Gasteiger partial charge in [-0.3, -0.25) is 0 Å². The normalized spacial score (nSPS) is 10.3. The van der Waals surface area contributed by atoms with E-state index in [1.807, 2.05) is 19.1 Å². The lowest BCUT2D eigenvalue weighted by molar-refractivity contribution is 0.0602. The van der Waals surface area contributed by atoms with Crippen LogP contribution in [0.15, 0.2) is 40.9 Å². The molecule has 0 saturated carbocycles. The average Bonchev–Trinajstić information content (AvgIpc) is 2.48. The van der Waals surface area contributed by atoms with Gasteiger partial charge < -0.3 is 10.1 Å². The van der Waals surface area contributed by atoms with E-state index in [1.54, 1.807) is 18.2 Å². The van der Waals surface area contributed by atoms with Crippen molar-refractivity contribution in [1.29, 1.82) is 0 Å². The van der Waals surface area contributed by atoms with E-state index in [4.69, 9.17) is 16.3 Å². The van der Waals surface area contributed by atoms with Crippen LogP contribution in [0.4, 0.5) is 5.69 Å². The van der Waals surface area contributed by atoms with Crippen molar-refractivity contribution >= 4 is 39.2 Å². The minimum Gasteiger partial charge on any atom is -0.465 e. The van der Waals surface area contributed by atoms with Gasteiger partial charge in [0.1, 0.15) is 0 Å². The maximum absolute atomic E-state index is 11.7. The summed E-state index contributed by atoms with van der Waals surface area (Å²) in [6.45, 7) is 2.63. The fourth-order valence-electron chi connectivity index (χ4n) is 1.96. The Labute approximate surface area is 137 Å². The van der Waals surface area contributed by atoms with Crippen LogP contribution in [0.2, 0.25) is 5.02 Å². The van der Waals surface area contributed by atoms with Gasteiger partial charge in [-0.1, -0.05) is 39.7 Å². The quantitative estimate of drug-likeness (QED) is 0.787. The van der Waals surface area contributed by atoms with Gasteiger partial charge in [-0.25, -0.2) is 4.79 Å². The Balaban J connectivity index is 2.20. The second kappa shape index (κ2) is 6.96. The smallest absolute Gasteiger partial charge is 0.339 e. The predicted molar refractivity (Wildman–Crippen MR) is 89.0 cm³/mol. The van der Waals surface area contributed by atoms with Gasteiger partial charge in [0.15, 0.2) is 0 Å². The second-order valence-corrected chi connectivity index (χ2v) is 5.91. The van der Waals surface area contributed by atoms with Crippen LogP contribution in [-0.4, -0.2) is 13.1 Å². The highest BCUT2D eigenvalue weighted by atomic mass is 79.9. The van der Waals surface area contributed by atoms with E-state index >= 15 is 0 Å². The first kappa shape index (κ1) is 15.9. The van der Waals surface area contributed by atoms with Crippen molar-refractivity contribution in [3.8, 4) is 0 Å². The number of anilines is 1. The van der Waals surface area contributed by atoms with Crippen LogP contribution < -0.4 is 5.32 Å². The molecular formula is C16H15BrClNO2. The van der Waals surface area contributed by atoms with Gasteiger partial charge in [0.05, 0.1) is 18.4 Å². The molecule has 0 bridgehead atoms. The average molecular weight is 369 g/mol. The van der Waals surface area contributed by atoms with E-state index in [1.165, 1.54) is 7.11 Å². The fourth-order valence-corrected chi connectivity index (χ4v) is 2.38. The topological polar surface area (TPSA) is 38.3 Å². The van der Waals surface area contributed by atoms with Gasteiger partial charge in [0.25, 0.3) is 0 Å². The summed E-state index contributed by atoms with van der Waals surface area (Å²) in [5.74, 6) is -0.388. The van der Waals surface area contributed by atoms with E-state index < -0.39 is 0 Å². The first-order valence-corrected chi connectivity index (χ1v) is 7.55. The summed E-state index contributed by atoms with van der Waals surface area (Å²) in [6, 6.07) is 11.2. The summed E-state index contributed by atoms with van der Waals surface area (Å²) >= 11 is 9.47. The molecule has 0 aromatic heterocycles. The van der Waals surface area contributed by atoms with E-state index in [0.717, 1.165) is 15.6 Å². The Morgan fingerprint density at radius 1 is 1.29 bits per heavy atom. The number of benzene rings is 2. The summed E-state index contributed by atoms with van der Waals surface area (Å²) < 4.78 is 5.85. The van der Waals surface area contributed by atoms with Crippen LogP contribution in [0.3, 0.4) is 0 Å². The fraction of sp³-hybridized carbons (Fsp3) is 0.188. The first-order chi connectivity index (χ1) is 10.0. The molecule has 0 spiro atoms. The third kappa shape index (κ3) is 3.99. The lowest BCUT2D eigenvalue weighted by Crippen LogP contribution is -2.08. The van der Waals surface area contributed by atoms with E-state index in [9.17, 15) is 4.79 Å². The van der Waals surface area contributed by atoms with Crippen molar-refractivity contribution in [3.05, 3.63) is 62.6 Å². The number of hydrogen-bond donors (Lipinski definition) is 1. The van der Waals surface area contributed by atoms with Crippen molar-refractivity contribution in [2.45, 2.75) is 13.5 Å². The molecule has 1 N–H and O–H groups in total. The maximum Gasteiger partial charge on any atom is 0.339 e. The van der Waals surface area contributed by atoms with Gasteiger partial charge in [-0.05, 0) is 42.3 Å². The number of methoxy groups -OCH3 is 1. The largest absolute Gasteiger partial charge is 0.465 e. The summed E-state index contributed by atoms with van der Waals surface area (Å²) in [5, 5.41) is 3.80. The van der Waals surface area contributed by atoms with Crippen molar-refractivity contribution in [2.75, 3.05) is 12.4 Å². The summed E-state index contributed by atoms with van der Waals surface area (Å²) in [6.07, 6.45) is 0. The lowest BCUT2D eigenvalue weighted by Gasteiger charge is -2.12. The van der Waals surface area contributed by atoms with Crippen LogP contribution in [0.5, 0.6) is 0 Å². The highest BCUT2D eigenvalue weighted by Gasteiger charge is 2.12. The minimum atomic E-state index is -0.388. The van der Waals surface area contributed by atoms with Gasteiger partial charge >= 0.3 is 5.97 Å². The molecule has 0 aliphatic carbocycles. The Bertz CT molecular complexity index is 673. The Hall–Kier alpha value is -1.52. The molecule has 0 atom stereocenters. The molecule has 0 aliphatic heterocycles. The molecular weight excluding hydrogens is 354 g/mol. The molecule has 0 fully saturated rings. The molecule has 0 radical (unpaired) electrons. The number of carbonyl (C=O) groups excluding carboxylic acids is 1. The van der Waals surface area contributed by atoms with Crippen LogP contribution in [0.1, 0.15) is 21.5 Å². The van der Waals surface area contributed by atoms with Crippen LogP contribution >= 0.6 is 27.5 Å². The van der Waals surface area contributed by atoms with Crippen LogP contribution in [0.25, 0.3) is 0 Å². The molecule has 5 heteroatoms. The predicted octanol–water partition coefficient (Wildman–Crippen LogP) is 4.81. The van der Waals surface area contributed by atoms with E-state index in [0.29, 0.717) is 22.8 Å². The molecule has 0 heterocycles. The zero-order valence-corrected chi connectivity index (χ0v) is 14.1. The zero-order chi connectivity index (χ0) is 15.4. The standard InChI is InChI=1S/C16H15BrClNO2/c1-10-7-11(3-6-14(10)17)9-19-15-8-12(18)4-5-13(15)16(20)21-2/h3-8,19H,9H2,1-2H3. The maximum atomic E-state index is 11.7. The Kier molecular flexibility index (Phi) is 5.26. The highest BCUT2D eigenvalue weighted by Crippen LogP contribution is 2.23. The Morgan fingerprint density at radius 2 is 2.05 bits per heavy atom. The number of ether oxygens (including phenoxy) is 1. The lowest BCUT2D eigenvalue weighted by atomic mass is 10.1. The molecule has 0 saturated heterocycles. The van der Waals surface area contributed by atoms with Gasteiger partial charge in [-0.2, -0.15) is 0 Å². The molecule has 0 unspecified atom stereocenters. The molecule has 3 nitrogen and oxygen atoms in total. The first-order valence-electron chi connectivity index (χ1n) is 6.38. The number of carbonyl (C=O) groups is 1. The van der Waals surface area contributed by atoms with Crippen molar-refractivity contribution in [3.63, 3.8) is 0 Å². The summed E-state index contributed by atoms with van der Waals surface area (Å²) in [5.41, 5.74) is 3.41. The molecule has 2 aromatic carbocycles. The van der Waals surface area contributed by atoms with Gasteiger partial charge in [0.2, 0.25) is 0 Å². The number of nitrogens with one attached hydrogen (secondary N) is 1. The molecule has 0 aliphatic rings. The molecule has 0 amide bonds. The Morgan fingerprint density at radius 3 is 2.71 bits per heavy atom. The van der Waals surface area contributed by atoms with Crippen molar-refractivity contribution in [2.24, 2.45) is 0 Å². The van der Waals surface area contributed by atoms with Crippen molar-refractivity contribution < 1.29 is 9.53 Å². The number of halogens is 2. The molecule has 2 rings (SSSR count). The molecule has 21 heavy (non-hydrogen) atoms. The number of aryl methyl sites for hydroxylation is 1. The number of rotatable bonds is 4. The summed E-state index contributed by atoms with van der Waals surface area (Å²) in [4.78, 5) is 11.7. The zero-order valence-electron chi connectivity index (χ0n) is 11.7. The highest BCUT2D eigenvalue weighted by molar-refractivity contribution is 9.10. The second-order valence-electron chi connectivity index (χ2n) is 4.62. The third-order valence-corrected chi connectivity index (χ3v) is 4.22. The van der Waals surface area contributed by atoms with Crippen LogP contribution in [-0.2, 0) is 11.3 Å². The van der Waals surface area contributed by atoms with Gasteiger partial charge in [-0.15, -0.1) is 0 Å².